The molecule has 1 aliphatic rings. The van der Waals surface area contributed by atoms with Crippen LogP contribution in [0.5, 0.6) is 0 Å². The van der Waals surface area contributed by atoms with Crippen LogP contribution >= 0.6 is 12.4 Å². The van der Waals surface area contributed by atoms with Crippen molar-refractivity contribution < 1.29 is 5.11 Å². The molecule has 0 radical (unpaired) electrons. The Balaban J connectivity index is 0.000000720. The molecule has 1 aliphatic carbocycles. The van der Waals surface area contributed by atoms with Crippen molar-refractivity contribution in [3.63, 3.8) is 0 Å². The summed E-state index contributed by atoms with van der Waals surface area (Å²) in [6.45, 7) is 0. The van der Waals surface area contributed by atoms with Gasteiger partial charge in [-0.1, -0.05) is 6.07 Å². The molecule has 0 spiro atoms. The number of nitrogens with zero attached hydrogens (tertiary/aromatic N) is 1. The van der Waals surface area contributed by atoms with Crippen LogP contribution in [0.1, 0.15) is 24.8 Å². The molecular weight excluding hydrogens is 174 g/mol. The fourth-order valence-corrected chi connectivity index (χ4v) is 1.44. The summed E-state index contributed by atoms with van der Waals surface area (Å²) < 4.78 is 0. The van der Waals surface area contributed by atoms with Gasteiger partial charge in [0.25, 0.3) is 0 Å². The Bertz CT molecular complexity index is 246. The Morgan fingerprint density at radius 2 is 2.17 bits per heavy atom. The Hall–Kier alpha value is -0.600. The number of rotatable bonds is 1. The summed E-state index contributed by atoms with van der Waals surface area (Å²) in [5.74, 6) is 0. The quantitative estimate of drug-likeness (QED) is 0.725. The molecule has 0 aliphatic heterocycles. The van der Waals surface area contributed by atoms with E-state index in [0.29, 0.717) is 0 Å². The Kier molecular flexibility index (Phi) is 2.70. The van der Waals surface area contributed by atoms with Crippen molar-refractivity contribution in [2.45, 2.75) is 24.9 Å². The van der Waals surface area contributed by atoms with Crippen LogP contribution in [0.15, 0.2) is 24.5 Å². The van der Waals surface area contributed by atoms with Crippen LogP contribution in [-0.2, 0) is 5.60 Å². The first kappa shape index (κ1) is 9.49. The van der Waals surface area contributed by atoms with E-state index in [1.165, 1.54) is 0 Å². The van der Waals surface area contributed by atoms with Gasteiger partial charge in [0.15, 0.2) is 0 Å². The average Bonchev–Trinajstić information content (AvgIpc) is 2.02. The summed E-state index contributed by atoms with van der Waals surface area (Å²) in [7, 11) is 0. The molecule has 66 valence electrons. The van der Waals surface area contributed by atoms with Gasteiger partial charge < -0.3 is 5.11 Å². The molecule has 0 amide bonds. The molecule has 3 heteroatoms. The number of aliphatic hydroxyl groups is 1. The number of pyridine rings is 1. The third-order valence-electron chi connectivity index (χ3n) is 2.38. The first-order valence-corrected chi connectivity index (χ1v) is 3.94. The molecule has 1 aromatic rings. The molecule has 0 atom stereocenters. The Labute approximate surface area is 78.1 Å². The highest BCUT2D eigenvalue weighted by Crippen LogP contribution is 2.40. The standard InChI is InChI=1S/C9H11NO.ClH/c11-9(4-2-5-9)8-3-1-6-10-7-8;/h1,3,6-7,11H,2,4-5H2;1H. The summed E-state index contributed by atoms with van der Waals surface area (Å²) >= 11 is 0. The normalized spacial score (nSPS) is 19.1. The molecule has 0 unspecified atom stereocenters. The highest BCUT2D eigenvalue weighted by atomic mass is 35.5. The zero-order valence-electron chi connectivity index (χ0n) is 6.73. The van der Waals surface area contributed by atoms with E-state index in [9.17, 15) is 5.11 Å². The van der Waals surface area contributed by atoms with Crippen molar-refractivity contribution in [2.75, 3.05) is 0 Å². The van der Waals surface area contributed by atoms with Crippen LogP contribution in [0.2, 0.25) is 0 Å². The fourth-order valence-electron chi connectivity index (χ4n) is 1.44. The third-order valence-corrected chi connectivity index (χ3v) is 2.38. The van der Waals surface area contributed by atoms with Gasteiger partial charge in [-0.2, -0.15) is 0 Å². The van der Waals surface area contributed by atoms with E-state index >= 15 is 0 Å². The molecular formula is C9H12ClNO. The lowest BCUT2D eigenvalue weighted by atomic mass is 9.76. The van der Waals surface area contributed by atoms with Crippen LogP contribution < -0.4 is 0 Å². The lowest BCUT2D eigenvalue weighted by molar-refractivity contribution is -0.0390. The SMILES string of the molecule is Cl.OC1(c2cccnc2)CCC1. The smallest absolute Gasteiger partial charge is 0.0911 e. The van der Waals surface area contributed by atoms with Crippen LogP contribution in [0, 0.1) is 0 Å². The van der Waals surface area contributed by atoms with Crippen LogP contribution in [0.3, 0.4) is 0 Å². The lowest BCUT2D eigenvalue weighted by Gasteiger charge is -2.36. The van der Waals surface area contributed by atoms with Crippen molar-refractivity contribution in [3.05, 3.63) is 30.1 Å². The molecule has 1 fully saturated rings. The molecule has 0 saturated heterocycles. The highest BCUT2D eigenvalue weighted by Gasteiger charge is 2.36. The van der Waals surface area contributed by atoms with E-state index in [0.717, 1.165) is 24.8 Å². The molecule has 1 saturated carbocycles. The van der Waals surface area contributed by atoms with Gasteiger partial charge in [0.1, 0.15) is 0 Å². The molecule has 2 rings (SSSR count). The molecule has 1 N–H and O–H groups in total. The number of hydrogen-bond acceptors (Lipinski definition) is 2. The van der Waals surface area contributed by atoms with Gasteiger partial charge in [0, 0.05) is 18.0 Å². The summed E-state index contributed by atoms with van der Waals surface area (Å²) in [5, 5.41) is 9.84. The minimum Gasteiger partial charge on any atom is -0.385 e. The maximum atomic E-state index is 9.84. The number of halogens is 1. The highest BCUT2D eigenvalue weighted by molar-refractivity contribution is 5.85. The van der Waals surface area contributed by atoms with Crippen LogP contribution in [0.25, 0.3) is 0 Å². The van der Waals surface area contributed by atoms with E-state index in [1.807, 2.05) is 12.1 Å². The predicted molar refractivity (Wildman–Crippen MR) is 49.2 cm³/mol. The first-order chi connectivity index (χ1) is 5.31. The van der Waals surface area contributed by atoms with E-state index in [2.05, 4.69) is 4.98 Å². The van der Waals surface area contributed by atoms with E-state index in [1.54, 1.807) is 12.4 Å². The molecule has 0 aromatic carbocycles. The molecule has 12 heavy (non-hydrogen) atoms. The monoisotopic (exact) mass is 185 g/mol. The molecule has 1 heterocycles. The average molecular weight is 186 g/mol. The largest absolute Gasteiger partial charge is 0.385 e. The maximum Gasteiger partial charge on any atom is 0.0911 e. The Morgan fingerprint density at radius 3 is 2.58 bits per heavy atom. The van der Waals surface area contributed by atoms with E-state index in [4.69, 9.17) is 0 Å². The topological polar surface area (TPSA) is 33.1 Å². The van der Waals surface area contributed by atoms with Gasteiger partial charge in [-0.3, -0.25) is 4.98 Å². The number of aromatic nitrogens is 1. The molecule has 0 bridgehead atoms. The van der Waals surface area contributed by atoms with Crippen LogP contribution in [0.4, 0.5) is 0 Å². The van der Waals surface area contributed by atoms with Gasteiger partial charge in [0.2, 0.25) is 0 Å². The van der Waals surface area contributed by atoms with E-state index < -0.39 is 5.60 Å². The summed E-state index contributed by atoms with van der Waals surface area (Å²) in [4.78, 5) is 3.97. The van der Waals surface area contributed by atoms with Gasteiger partial charge in [-0.05, 0) is 25.3 Å². The molecule has 2 nitrogen and oxygen atoms in total. The maximum absolute atomic E-state index is 9.84. The fraction of sp³-hybridized carbons (Fsp3) is 0.444. The zero-order valence-corrected chi connectivity index (χ0v) is 7.55. The zero-order chi connectivity index (χ0) is 7.73. The second-order valence-corrected chi connectivity index (χ2v) is 3.13. The predicted octanol–water partition coefficient (Wildman–Crippen LogP) is 1.87. The van der Waals surface area contributed by atoms with Crippen molar-refractivity contribution in [2.24, 2.45) is 0 Å². The summed E-state index contributed by atoms with van der Waals surface area (Å²) in [5.41, 5.74) is 0.417. The summed E-state index contributed by atoms with van der Waals surface area (Å²) in [6.07, 6.45) is 6.38. The van der Waals surface area contributed by atoms with Gasteiger partial charge in [0.05, 0.1) is 5.60 Å². The Morgan fingerprint density at radius 1 is 1.42 bits per heavy atom. The van der Waals surface area contributed by atoms with Gasteiger partial charge in [-0.15, -0.1) is 12.4 Å². The third kappa shape index (κ3) is 1.45. The summed E-state index contributed by atoms with van der Waals surface area (Å²) in [6, 6.07) is 3.80. The first-order valence-electron chi connectivity index (χ1n) is 3.94. The van der Waals surface area contributed by atoms with Crippen molar-refractivity contribution >= 4 is 12.4 Å². The van der Waals surface area contributed by atoms with Crippen molar-refractivity contribution in [1.82, 2.24) is 4.98 Å². The molecule has 1 aromatic heterocycles. The second kappa shape index (κ2) is 3.42. The van der Waals surface area contributed by atoms with Crippen LogP contribution in [-0.4, -0.2) is 10.1 Å². The number of hydrogen-bond donors (Lipinski definition) is 1. The van der Waals surface area contributed by atoms with E-state index in [-0.39, 0.29) is 12.4 Å². The minimum atomic E-state index is -0.547. The van der Waals surface area contributed by atoms with Gasteiger partial charge in [-0.25, -0.2) is 0 Å². The van der Waals surface area contributed by atoms with Gasteiger partial charge >= 0.3 is 0 Å². The minimum absolute atomic E-state index is 0. The second-order valence-electron chi connectivity index (χ2n) is 3.13. The van der Waals surface area contributed by atoms with Crippen molar-refractivity contribution in [3.8, 4) is 0 Å². The van der Waals surface area contributed by atoms with Crippen molar-refractivity contribution in [1.29, 1.82) is 0 Å². The lowest BCUT2D eigenvalue weighted by Crippen LogP contribution is -2.33.